The predicted octanol–water partition coefficient (Wildman–Crippen LogP) is 6.48. The standard InChI is InChI=1S/C25H19F4N3OS/c1-15-6-8-17(9-7-15)21-14-34-23(30-21)32-24(33,25(28,29)22(26)27)13-20(31-32)19-11-10-16-4-2-3-5-18(16)12-19/h2-12,14,22,33H,13H2,1H3. The summed E-state index contributed by atoms with van der Waals surface area (Å²) in [5.41, 5.74) is -0.507. The summed E-state index contributed by atoms with van der Waals surface area (Å²) in [4.78, 5) is 4.34. The molecule has 1 N–H and O–H groups in total. The summed E-state index contributed by atoms with van der Waals surface area (Å²) in [7, 11) is 0. The number of aliphatic hydroxyl groups is 1. The van der Waals surface area contributed by atoms with Crippen molar-refractivity contribution in [2.45, 2.75) is 31.4 Å². The first-order chi connectivity index (χ1) is 16.2. The molecule has 3 aromatic carbocycles. The first-order valence-electron chi connectivity index (χ1n) is 10.5. The van der Waals surface area contributed by atoms with E-state index >= 15 is 0 Å². The molecule has 0 spiro atoms. The molecule has 0 saturated carbocycles. The number of hydrogen-bond acceptors (Lipinski definition) is 5. The number of hydrogen-bond donors (Lipinski definition) is 1. The molecule has 0 bridgehead atoms. The van der Waals surface area contributed by atoms with Crippen molar-refractivity contribution >= 4 is 33.0 Å². The van der Waals surface area contributed by atoms with E-state index in [0.717, 1.165) is 33.2 Å². The number of thiazole rings is 1. The molecule has 5 rings (SSSR count). The van der Waals surface area contributed by atoms with Gasteiger partial charge in [0, 0.05) is 17.4 Å². The number of fused-ring (bicyclic) bond motifs is 1. The Balaban J connectivity index is 1.59. The Morgan fingerprint density at radius 1 is 1.00 bits per heavy atom. The summed E-state index contributed by atoms with van der Waals surface area (Å²) in [6.45, 7) is 1.93. The zero-order valence-corrected chi connectivity index (χ0v) is 18.7. The number of nitrogens with zero attached hydrogens (tertiary/aromatic N) is 3. The molecule has 0 aliphatic carbocycles. The van der Waals surface area contributed by atoms with Crippen LogP contribution in [0.5, 0.6) is 0 Å². The Kier molecular flexibility index (Phi) is 5.41. The van der Waals surface area contributed by atoms with E-state index in [-0.39, 0.29) is 10.8 Å². The van der Waals surface area contributed by atoms with E-state index in [4.69, 9.17) is 0 Å². The number of aryl methyl sites for hydroxylation is 1. The number of alkyl halides is 4. The fourth-order valence-corrected chi connectivity index (χ4v) is 4.78. The SMILES string of the molecule is Cc1ccc(-c2csc(N3N=C(c4ccc5ccccc5c4)CC3(O)C(F)(F)C(F)F)n2)cc1. The Hall–Kier alpha value is -3.30. The second-order valence-corrected chi connectivity index (χ2v) is 9.06. The van der Waals surface area contributed by atoms with Crippen molar-refractivity contribution in [1.29, 1.82) is 0 Å². The van der Waals surface area contributed by atoms with Gasteiger partial charge in [-0.2, -0.15) is 18.9 Å². The molecule has 1 aromatic heterocycles. The molecule has 2 heterocycles. The molecule has 174 valence electrons. The second-order valence-electron chi connectivity index (χ2n) is 8.22. The average Bonchev–Trinajstić information content (AvgIpc) is 3.45. The van der Waals surface area contributed by atoms with E-state index in [0.29, 0.717) is 16.3 Å². The van der Waals surface area contributed by atoms with Gasteiger partial charge in [-0.3, -0.25) is 0 Å². The van der Waals surface area contributed by atoms with E-state index in [2.05, 4.69) is 10.1 Å². The first kappa shape index (κ1) is 22.5. The molecule has 4 aromatic rings. The van der Waals surface area contributed by atoms with Gasteiger partial charge in [-0.1, -0.05) is 66.2 Å². The van der Waals surface area contributed by atoms with Crippen molar-refractivity contribution < 1.29 is 22.7 Å². The number of hydrazone groups is 1. The van der Waals surface area contributed by atoms with Gasteiger partial charge in [0.25, 0.3) is 0 Å². The number of halogens is 4. The highest BCUT2D eigenvalue weighted by atomic mass is 32.1. The van der Waals surface area contributed by atoms with Crippen LogP contribution in [0.3, 0.4) is 0 Å². The van der Waals surface area contributed by atoms with Gasteiger partial charge in [0.15, 0.2) is 0 Å². The molecule has 0 radical (unpaired) electrons. The van der Waals surface area contributed by atoms with Crippen molar-refractivity contribution in [3.8, 4) is 11.3 Å². The highest BCUT2D eigenvalue weighted by Gasteiger charge is 2.66. The lowest BCUT2D eigenvalue weighted by atomic mass is 9.95. The van der Waals surface area contributed by atoms with E-state index in [1.165, 1.54) is 0 Å². The zero-order valence-electron chi connectivity index (χ0n) is 17.9. The van der Waals surface area contributed by atoms with Gasteiger partial charge in [0.1, 0.15) is 0 Å². The zero-order chi connectivity index (χ0) is 24.1. The molecule has 1 aliphatic rings. The van der Waals surface area contributed by atoms with Gasteiger partial charge >= 0.3 is 12.3 Å². The molecular formula is C25H19F4N3OS. The summed E-state index contributed by atoms with van der Waals surface area (Å²) in [5, 5.41) is 19.0. The first-order valence-corrected chi connectivity index (χ1v) is 11.3. The van der Waals surface area contributed by atoms with Crippen molar-refractivity contribution in [2.24, 2.45) is 5.10 Å². The Bertz CT molecular complexity index is 1390. The van der Waals surface area contributed by atoms with E-state index in [1.54, 1.807) is 23.6 Å². The van der Waals surface area contributed by atoms with Gasteiger partial charge in [0.2, 0.25) is 10.9 Å². The maximum Gasteiger partial charge on any atom is 0.355 e. The number of rotatable bonds is 5. The van der Waals surface area contributed by atoms with Gasteiger partial charge < -0.3 is 5.11 Å². The lowest BCUT2D eigenvalue weighted by Gasteiger charge is -2.36. The van der Waals surface area contributed by atoms with Crippen LogP contribution in [0.15, 0.2) is 77.2 Å². The summed E-state index contributed by atoms with van der Waals surface area (Å²) in [5.74, 6) is -4.76. The summed E-state index contributed by atoms with van der Waals surface area (Å²) in [6, 6.07) is 20.0. The van der Waals surface area contributed by atoms with Crippen LogP contribution in [-0.4, -0.2) is 33.9 Å². The van der Waals surface area contributed by atoms with Gasteiger partial charge in [-0.15, -0.1) is 11.3 Å². The Morgan fingerprint density at radius 2 is 1.68 bits per heavy atom. The van der Waals surface area contributed by atoms with Crippen LogP contribution in [0, 0.1) is 6.92 Å². The third kappa shape index (κ3) is 3.65. The summed E-state index contributed by atoms with van der Waals surface area (Å²) >= 11 is 0.945. The summed E-state index contributed by atoms with van der Waals surface area (Å²) < 4.78 is 56.4. The fraction of sp³-hybridized carbons (Fsp3) is 0.200. The Labute approximate surface area is 196 Å². The molecule has 0 fully saturated rings. The normalized spacial score (nSPS) is 18.7. The minimum absolute atomic E-state index is 0.0701. The third-order valence-corrected chi connectivity index (χ3v) is 6.71. The molecule has 4 nitrogen and oxygen atoms in total. The van der Waals surface area contributed by atoms with Crippen LogP contribution in [-0.2, 0) is 0 Å². The topological polar surface area (TPSA) is 48.7 Å². The predicted molar refractivity (Wildman–Crippen MR) is 126 cm³/mol. The minimum atomic E-state index is -4.76. The molecule has 1 atom stereocenters. The smallest absolute Gasteiger partial charge is 0.355 e. The van der Waals surface area contributed by atoms with E-state index < -0.39 is 24.5 Å². The molecular weight excluding hydrogens is 466 g/mol. The van der Waals surface area contributed by atoms with Crippen molar-refractivity contribution in [2.75, 3.05) is 5.01 Å². The number of aromatic nitrogens is 1. The monoisotopic (exact) mass is 485 g/mol. The maximum absolute atomic E-state index is 14.7. The van der Waals surface area contributed by atoms with Crippen LogP contribution in [0.4, 0.5) is 22.7 Å². The van der Waals surface area contributed by atoms with E-state index in [1.807, 2.05) is 55.5 Å². The van der Waals surface area contributed by atoms with Crippen molar-refractivity contribution in [3.63, 3.8) is 0 Å². The molecule has 0 saturated heterocycles. The van der Waals surface area contributed by atoms with Gasteiger partial charge in [0.05, 0.1) is 11.4 Å². The summed E-state index contributed by atoms with van der Waals surface area (Å²) in [6.07, 6.45) is -4.88. The number of anilines is 1. The molecule has 1 aliphatic heterocycles. The lowest BCUT2D eigenvalue weighted by molar-refractivity contribution is -0.237. The highest BCUT2D eigenvalue weighted by molar-refractivity contribution is 7.14. The van der Waals surface area contributed by atoms with Crippen LogP contribution < -0.4 is 5.01 Å². The molecule has 9 heteroatoms. The Morgan fingerprint density at radius 3 is 2.38 bits per heavy atom. The largest absolute Gasteiger partial charge is 0.364 e. The quantitative estimate of drug-likeness (QED) is 0.330. The average molecular weight is 486 g/mol. The van der Waals surface area contributed by atoms with Gasteiger partial charge in [-0.05, 0) is 29.3 Å². The van der Waals surface area contributed by atoms with Crippen LogP contribution in [0.25, 0.3) is 22.0 Å². The van der Waals surface area contributed by atoms with Crippen molar-refractivity contribution in [3.05, 3.63) is 83.2 Å². The second kappa shape index (κ2) is 8.18. The molecule has 1 unspecified atom stereocenters. The van der Waals surface area contributed by atoms with Crippen LogP contribution in [0.2, 0.25) is 0 Å². The lowest BCUT2D eigenvalue weighted by Crippen LogP contribution is -2.60. The fourth-order valence-electron chi connectivity index (χ4n) is 3.93. The van der Waals surface area contributed by atoms with Crippen molar-refractivity contribution in [1.82, 2.24) is 4.98 Å². The van der Waals surface area contributed by atoms with Gasteiger partial charge in [-0.25, -0.2) is 13.8 Å². The van der Waals surface area contributed by atoms with Crippen LogP contribution >= 0.6 is 11.3 Å². The maximum atomic E-state index is 14.7. The third-order valence-electron chi connectivity index (χ3n) is 5.90. The minimum Gasteiger partial charge on any atom is -0.364 e. The molecule has 34 heavy (non-hydrogen) atoms. The number of benzene rings is 3. The van der Waals surface area contributed by atoms with E-state index in [9.17, 15) is 22.7 Å². The molecule has 0 amide bonds. The van der Waals surface area contributed by atoms with Crippen LogP contribution in [0.1, 0.15) is 17.5 Å². The highest BCUT2D eigenvalue weighted by Crippen LogP contribution is 2.47.